The summed E-state index contributed by atoms with van der Waals surface area (Å²) in [6, 6.07) is 15.5. The van der Waals surface area contributed by atoms with E-state index in [1.165, 1.54) is 0 Å². The molecule has 26 heavy (non-hydrogen) atoms. The van der Waals surface area contributed by atoms with Crippen LogP contribution >= 0.6 is 0 Å². The molecule has 6 heteroatoms. The molecule has 1 aliphatic carbocycles. The molecular formula is C20H18N4O2. The lowest BCUT2D eigenvalue weighted by Crippen LogP contribution is -2.28. The molecule has 6 nitrogen and oxygen atoms in total. The Labute approximate surface area is 151 Å². The van der Waals surface area contributed by atoms with Crippen molar-refractivity contribution in [2.75, 3.05) is 6.54 Å². The molecule has 3 aromatic rings. The fourth-order valence-corrected chi connectivity index (χ4v) is 3.02. The van der Waals surface area contributed by atoms with Gasteiger partial charge in [-0.3, -0.25) is 9.78 Å². The number of benzene rings is 1. The van der Waals surface area contributed by atoms with Crippen LogP contribution in [-0.2, 0) is 11.2 Å². The molecule has 1 amide bonds. The first-order valence-electron chi connectivity index (χ1n) is 8.52. The van der Waals surface area contributed by atoms with Crippen molar-refractivity contribution in [3.63, 3.8) is 0 Å². The first-order valence-corrected chi connectivity index (χ1v) is 8.52. The molecule has 130 valence electrons. The summed E-state index contributed by atoms with van der Waals surface area (Å²) in [4.78, 5) is 20.9. The van der Waals surface area contributed by atoms with Gasteiger partial charge in [-0.05, 0) is 30.2 Å². The Hall–Kier alpha value is -3.28. The summed E-state index contributed by atoms with van der Waals surface area (Å²) in [5.74, 6) is 0.836. The second-order valence-corrected chi connectivity index (χ2v) is 6.16. The molecule has 0 bridgehead atoms. The Balaban J connectivity index is 1.29. The van der Waals surface area contributed by atoms with E-state index in [0.717, 1.165) is 16.7 Å². The first kappa shape index (κ1) is 16.2. The van der Waals surface area contributed by atoms with Gasteiger partial charge in [-0.15, -0.1) is 0 Å². The molecule has 0 aliphatic heterocycles. The normalized spacial score (nSPS) is 15.8. The number of pyridine rings is 1. The van der Waals surface area contributed by atoms with E-state index in [1.807, 2.05) is 55.5 Å². The molecule has 0 saturated heterocycles. The van der Waals surface area contributed by atoms with E-state index < -0.39 is 0 Å². The maximum Gasteiger partial charge on any atom is 0.231 e. The highest BCUT2D eigenvalue weighted by molar-refractivity contribution is 6.05. The maximum atomic E-state index is 12.4. The van der Waals surface area contributed by atoms with Crippen LogP contribution in [0.4, 0.5) is 0 Å². The van der Waals surface area contributed by atoms with Crippen LogP contribution in [0.15, 0.2) is 64.8 Å². The number of nitrogens with zero attached hydrogens (tertiary/aromatic N) is 3. The molecule has 0 fully saturated rings. The average molecular weight is 346 g/mol. The van der Waals surface area contributed by atoms with E-state index in [-0.39, 0.29) is 11.8 Å². The van der Waals surface area contributed by atoms with Crippen LogP contribution in [0.25, 0.3) is 17.1 Å². The van der Waals surface area contributed by atoms with Crippen LogP contribution in [0.5, 0.6) is 0 Å². The van der Waals surface area contributed by atoms with Crippen molar-refractivity contribution in [2.24, 2.45) is 5.92 Å². The highest BCUT2D eigenvalue weighted by Crippen LogP contribution is 2.46. The van der Waals surface area contributed by atoms with Crippen LogP contribution < -0.4 is 5.32 Å². The molecule has 1 unspecified atom stereocenters. The SMILES string of the molecule is CC1=C(c2ccccc2)C1C(=O)NCCc1nc(-c2ccccn2)no1. The largest absolute Gasteiger partial charge is 0.355 e. The number of carbonyl (C=O) groups excluding carboxylic acids is 1. The third kappa shape index (κ3) is 3.26. The molecule has 4 rings (SSSR count). The number of carbonyl (C=O) groups is 1. The Morgan fingerprint density at radius 2 is 1.96 bits per heavy atom. The third-order valence-corrected chi connectivity index (χ3v) is 4.41. The van der Waals surface area contributed by atoms with E-state index >= 15 is 0 Å². The molecule has 0 spiro atoms. The molecule has 0 radical (unpaired) electrons. The summed E-state index contributed by atoms with van der Waals surface area (Å²) in [5.41, 5.74) is 4.03. The predicted octanol–water partition coefficient (Wildman–Crippen LogP) is 2.89. The summed E-state index contributed by atoms with van der Waals surface area (Å²) < 4.78 is 5.23. The summed E-state index contributed by atoms with van der Waals surface area (Å²) in [5, 5.41) is 6.87. The Morgan fingerprint density at radius 3 is 2.73 bits per heavy atom. The van der Waals surface area contributed by atoms with Crippen molar-refractivity contribution in [1.82, 2.24) is 20.4 Å². The number of hydrogen-bond acceptors (Lipinski definition) is 5. The van der Waals surface area contributed by atoms with E-state index in [4.69, 9.17) is 4.52 Å². The van der Waals surface area contributed by atoms with Crippen LogP contribution in [0.3, 0.4) is 0 Å². The second-order valence-electron chi connectivity index (χ2n) is 6.16. The van der Waals surface area contributed by atoms with Gasteiger partial charge in [-0.2, -0.15) is 4.98 Å². The van der Waals surface area contributed by atoms with Crippen molar-refractivity contribution in [3.05, 3.63) is 71.8 Å². The van der Waals surface area contributed by atoms with Gasteiger partial charge < -0.3 is 9.84 Å². The Kier molecular flexibility index (Phi) is 4.31. The fraction of sp³-hybridized carbons (Fsp3) is 0.200. The summed E-state index contributed by atoms with van der Waals surface area (Å²) in [7, 11) is 0. The van der Waals surface area contributed by atoms with Crippen molar-refractivity contribution >= 4 is 11.5 Å². The zero-order valence-corrected chi connectivity index (χ0v) is 14.3. The van der Waals surface area contributed by atoms with E-state index in [1.54, 1.807) is 6.20 Å². The van der Waals surface area contributed by atoms with Crippen molar-refractivity contribution in [3.8, 4) is 11.5 Å². The zero-order valence-electron chi connectivity index (χ0n) is 14.3. The van der Waals surface area contributed by atoms with Gasteiger partial charge in [0.15, 0.2) is 0 Å². The maximum absolute atomic E-state index is 12.4. The minimum atomic E-state index is -0.121. The van der Waals surface area contributed by atoms with Crippen molar-refractivity contribution in [1.29, 1.82) is 0 Å². The van der Waals surface area contributed by atoms with Crippen LogP contribution in [0.2, 0.25) is 0 Å². The second kappa shape index (κ2) is 6.92. The number of rotatable bonds is 6. The van der Waals surface area contributed by atoms with Crippen LogP contribution in [0.1, 0.15) is 18.4 Å². The Bertz CT molecular complexity index is 948. The molecule has 0 saturated carbocycles. The fourth-order valence-electron chi connectivity index (χ4n) is 3.02. The van der Waals surface area contributed by atoms with Gasteiger partial charge in [-0.1, -0.05) is 47.1 Å². The van der Waals surface area contributed by atoms with Gasteiger partial charge in [-0.25, -0.2) is 0 Å². The van der Waals surface area contributed by atoms with Gasteiger partial charge >= 0.3 is 0 Å². The quantitative estimate of drug-likeness (QED) is 0.742. The number of nitrogens with one attached hydrogen (secondary N) is 1. The van der Waals surface area contributed by atoms with E-state index in [0.29, 0.717) is 30.4 Å². The average Bonchev–Trinajstić information content (AvgIpc) is 3.13. The molecule has 1 atom stereocenters. The van der Waals surface area contributed by atoms with Gasteiger partial charge in [0.1, 0.15) is 5.69 Å². The summed E-state index contributed by atoms with van der Waals surface area (Å²) in [6.45, 7) is 2.46. The molecule has 1 aromatic carbocycles. The molecule has 2 heterocycles. The lowest BCUT2D eigenvalue weighted by atomic mass is 10.1. The Morgan fingerprint density at radius 1 is 1.15 bits per heavy atom. The number of aromatic nitrogens is 3. The van der Waals surface area contributed by atoms with E-state index in [9.17, 15) is 4.79 Å². The monoisotopic (exact) mass is 346 g/mol. The van der Waals surface area contributed by atoms with Crippen molar-refractivity contribution in [2.45, 2.75) is 13.3 Å². The minimum absolute atomic E-state index is 0.0193. The summed E-state index contributed by atoms with van der Waals surface area (Å²) >= 11 is 0. The summed E-state index contributed by atoms with van der Waals surface area (Å²) in [6.07, 6.45) is 2.17. The highest BCUT2D eigenvalue weighted by Gasteiger charge is 2.39. The first-order chi connectivity index (χ1) is 12.7. The van der Waals surface area contributed by atoms with Crippen LogP contribution in [0, 0.1) is 5.92 Å². The van der Waals surface area contributed by atoms with Gasteiger partial charge in [0.25, 0.3) is 0 Å². The smallest absolute Gasteiger partial charge is 0.231 e. The molecule has 2 aromatic heterocycles. The lowest BCUT2D eigenvalue weighted by Gasteiger charge is -2.04. The van der Waals surface area contributed by atoms with Crippen molar-refractivity contribution < 1.29 is 9.32 Å². The number of hydrogen-bond donors (Lipinski definition) is 1. The lowest BCUT2D eigenvalue weighted by molar-refractivity contribution is -0.121. The van der Waals surface area contributed by atoms with Gasteiger partial charge in [0.2, 0.25) is 17.6 Å². The highest BCUT2D eigenvalue weighted by atomic mass is 16.5. The van der Waals surface area contributed by atoms with Gasteiger partial charge in [0, 0.05) is 19.2 Å². The van der Waals surface area contributed by atoms with Crippen LogP contribution in [-0.4, -0.2) is 27.6 Å². The molecule has 1 aliphatic rings. The zero-order chi connectivity index (χ0) is 17.9. The molecular weight excluding hydrogens is 328 g/mol. The predicted molar refractivity (Wildman–Crippen MR) is 96.8 cm³/mol. The van der Waals surface area contributed by atoms with E-state index in [2.05, 4.69) is 20.4 Å². The topological polar surface area (TPSA) is 80.9 Å². The standard InChI is InChI=1S/C20H18N4O2/c1-13-17(14-7-3-2-4-8-14)18(13)20(25)22-12-10-16-23-19(24-26-16)15-9-5-6-11-21-15/h2-9,11,18H,10,12H2,1H3,(H,22,25). The minimum Gasteiger partial charge on any atom is -0.355 e. The van der Waals surface area contributed by atoms with Gasteiger partial charge in [0.05, 0.1) is 5.92 Å². The number of amides is 1. The molecule has 1 N–H and O–H groups in total. The third-order valence-electron chi connectivity index (χ3n) is 4.41.